The van der Waals surface area contributed by atoms with Crippen LogP contribution in [0, 0.1) is 0 Å². The first-order valence-electron chi connectivity index (χ1n) is 11.1. The number of carbonyl (C=O) groups is 1. The minimum Gasteiger partial charge on any atom is -0.497 e. The van der Waals surface area contributed by atoms with E-state index in [0.717, 1.165) is 36.2 Å². The molecule has 0 saturated carbocycles. The second-order valence-electron chi connectivity index (χ2n) is 8.26. The van der Waals surface area contributed by atoms with Crippen LogP contribution in [0.25, 0.3) is 0 Å². The third-order valence-corrected chi connectivity index (χ3v) is 8.89. The standard InChI is InChI=1S/C23H31N3O6S2/c1-18(26(33(3,28)29)20-10-12-21(32-2)13-11-20)23(27)24-19-8-14-22(15-9-19)34(30,31)25-16-6-4-5-7-17-25/h8-15,18H,4-7,16-17H2,1-3H3,(H,24,27)/t18-/m0/s1. The topological polar surface area (TPSA) is 113 Å². The molecule has 34 heavy (non-hydrogen) atoms. The fourth-order valence-corrected chi connectivity index (χ4v) is 6.62. The molecule has 1 atom stereocenters. The number of anilines is 2. The average molecular weight is 510 g/mol. The molecule has 1 aliphatic rings. The van der Waals surface area contributed by atoms with Crippen LogP contribution in [0.1, 0.15) is 32.6 Å². The van der Waals surface area contributed by atoms with Gasteiger partial charge >= 0.3 is 0 Å². The van der Waals surface area contributed by atoms with Crippen molar-refractivity contribution < 1.29 is 26.4 Å². The van der Waals surface area contributed by atoms with Gasteiger partial charge in [0.05, 0.1) is 23.9 Å². The summed E-state index contributed by atoms with van der Waals surface area (Å²) in [6.45, 7) is 2.49. The summed E-state index contributed by atoms with van der Waals surface area (Å²) in [7, 11) is -5.86. The lowest BCUT2D eigenvalue weighted by atomic mass is 10.2. The molecule has 0 aliphatic carbocycles. The second-order valence-corrected chi connectivity index (χ2v) is 12.1. The molecule has 2 aromatic rings. The highest BCUT2D eigenvalue weighted by Gasteiger charge is 2.30. The molecule has 11 heteroatoms. The van der Waals surface area contributed by atoms with Gasteiger partial charge in [-0.1, -0.05) is 12.8 Å². The fourth-order valence-electron chi connectivity index (χ4n) is 3.93. The molecule has 1 aliphatic heterocycles. The zero-order valence-corrected chi connectivity index (χ0v) is 21.2. The summed E-state index contributed by atoms with van der Waals surface area (Å²) in [5.74, 6) is 0.00823. The Morgan fingerprint density at radius 3 is 2.00 bits per heavy atom. The van der Waals surface area contributed by atoms with E-state index in [1.165, 1.54) is 42.6 Å². The van der Waals surface area contributed by atoms with Crippen LogP contribution < -0.4 is 14.4 Å². The largest absolute Gasteiger partial charge is 0.497 e. The molecule has 0 unspecified atom stereocenters. The minimum absolute atomic E-state index is 0.163. The smallest absolute Gasteiger partial charge is 0.247 e. The van der Waals surface area contributed by atoms with Gasteiger partial charge in [0, 0.05) is 18.8 Å². The van der Waals surface area contributed by atoms with E-state index in [1.807, 2.05) is 0 Å². The number of nitrogens with zero attached hydrogens (tertiary/aromatic N) is 2. The van der Waals surface area contributed by atoms with Crippen LogP contribution in [-0.4, -0.2) is 59.5 Å². The van der Waals surface area contributed by atoms with Crippen LogP contribution in [0.2, 0.25) is 0 Å². The molecule has 1 fully saturated rings. The lowest BCUT2D eigenvalue weighted by Gasteiger charge is -2.28. The first kappa shape index (κ1) is 26.0. The maximum absolute atomic E-state index is 12.9. The predicted octanol–water partition coefficient (Wildman–Crippen LogP) is 3.05. The molecule has 186 valence electrons. The summed E-state index contributed by atoms with van der Waals surface area (Å²) in [5.41, 5.74) is 0.694. The van der Waals surface area contributed by atoms with Gasteiger partial charge in [0.1, 0.15) is 11.8 Å². The zero-order valence-electron chi connectivity index (χ0n) is 19.6. The van der Waals surface area contributed by atoms with Crippen LogP contribution in [0.3, 0.4) is 0 Å². The van der Waals surface area contributed by atoms with E-state index >= 15 is 0 Å². The Labute approximate surface area is 201 Å². The summed E-state index contributed by atoms with van der Waals surface area (Å²) in [6.07, 6.45) is 4.77. The van der Waals surface area contributed by atoms with Gasteiger partial charge in [0.2, 0.25) is 26.0 Å². The summed E-state index contributed by atoms with van der Waals surface area (Å²) >= 11 is 0. The van der Waals surface area contributed by atoms with Crippen molar-refractivity contribution in [2.45, 2.75) is 43.5 Å². The van der Waals surface area contributed by atoms with E-state index in [-0.39, 0.29) is 4.90 Å². The van der Waals surface area contributed by atoms with Crippen LogP contribution in [0.5, 0.6) is 5.75 Å². The molecule has 0 bridgehead atoms. The number of hydrogen-bond acceptors (Lipinski definition) is 6. The number of methoxy groups -OCH3 is 1. The SMILES string of the molecule is COc1ccc(N([C@@H](C)C(=O)Nc2ccc(S(=O)(=O)N3CCCCCC3)cc2)S(C)(=O)=O)cc1. The van der Waals surface area contributed by atoms with Gasteiger partial charge in [-0.15, -0.1) is 0 Å². The van der Waals surface area contributed by atoms with Crippen molar-refractivity contribution in [3.63, 3.8) is 0 Å². The molecule has 1 amide bonds. The molecular weight excluding hydrogens is 478 g/mol. The molecule has 1 heterocycles. The Balaban J connectivity index is 1.75. The summed E-state index contributed by atoms with van der Waals surface area (Å²) in [5, 5.41) is 2.68. The quantitative estimate of drug-likeness (QED) is 0.585. The van der Waals surface area contributed by atoms with E-state index in [0.29, 0.717) is 30.2 Å². The first-order chi connectivity index (χ1) is 16.0. The second kappa shape index (κ2) is 10.7. The van der Waals surface area contributed by atoms with Crippen LogP contribution in [-0.2, 0) is 24.8 Å². The van der Waals surface area contributed by atoms with Gasteiger partial charge in [-0.2, -0.15) is 4.31 Å². The van der Waals surface area contributed by atoms with Crippen molar-refractivity contribution in [3.05, 3.63) is 48.5 Å². The highest BCUT2D eigenvalue weighted by molar-refractivity contribution is 7.92. The van der Waals surface area contributed by atoms with Gasteiger partial charge < -0.3 is 10.1 Å². The third kappa shape index (κ3) is 6.08. The summed E-state index contributed by atoms with van der Waals surface area (Å²) < 4.78 is 58.4. The third-order valence-electron chi connectivity index (χ3n) is 5.74. The maximum atomic E-state index is 12.9. The molecule has 9 nitrogen and oxygen atoms in total. The molecule has 2 aromatic carbocycles. The number of hydrogen-bond donors (Lipinski definition) is 1. The Morgan fingerprint density at radius 2 is 1.50 bits per heavy atom. The molecule has 0 radical (unpaired) electrons. The lowest BCUT2D eigenvalue weighted by molar-refractivity contribution is -0.116. The Bertz CT molecular complexity index is 1190. The van der Waals surface area contributed by atoms with Crippen molar-refractivity contribution >= 4 is 37.3 Å². The molecule has 1 saturated heterocycles. The van der Waals surface area contributed by atoms with Crippen molar-refractivity contribution in [1.29, 1.82) is 0 Å². The Hall–Kier alpha value is -2.63. The minimum atomic E-state index is -3.77. The number of sulfonamides is 2. The van der Waals surface area contributed by atoms with Crippen LogP contribution >= 0.6 is 0 Å². The highest BCUT2D eigenvalue weighted by atomic mass is 32.2. The van der Waals surface area contributed by atoms with Crippen molar-refractivity contribution in [2.75, 3.05) is 36.1 Å². The number of ether oxygens (including phenoxy) is 1. The van der Waals surface area contributed by atoms with Crippen LogP contribution in [0.15, 0.2) is 53.4 Å². The van der Waals surface area contributed by atoms with E-state index in [1.54, 1.807) is 24.3 Å². The molecule has 0 spiro atoms. The van der Waals surface area contributed by atoms with E-state index in [4.69, 9.17) is 4.74 Å². The number of carbonyl (C=O) groups excluding carboxylic acids is 1. The molecule has 1 N–H and O–H groups in total. The normalized spacial score (nSPS) is 16.3. The molecule has 3 rings (SSSR count). The van der Waals surface area contributed by atoms with E-state index in [9.17, 15) is 21.6 Å². The predicted molar refractivity (Wildman–Crippen MR) is 132 cm³/mol. The van der Waals surface area contributed by atoms with Crippen LogP contribution in [0.4, 0.5) is 11.4 Å². The lowest BCUT2D eigenvalue weighted by Crippen LogP contribution is -2.45. The fraction of sp³-hybridized carbons (Fsp3) is 0.435. The van der Waals surface area contributed by atoms with Gasteiger partial charge in [-0.05, 0) is 68.3 Å². The zero-order chi connectivity index (χ0) is 24.9. The van der Waals surface area contributed by atoms with Gasteiger partial charge in [0.25, 0.3) is 0 Å². The Kier molecular flexibility index (Phi) is 8.21. The number of benzene rings is 2. The highest BCUT2D eigenvalue weighted by Crippen LogP contribution is 2.25. The maximum Gasteiger partial charge on any atom is 0.247 e. The summed E-state index contributed by atoms with van der Waals surface area (Å²) in [4.78, 5) is 13.1. The summed E-state index contributed by atoms with van der Waals surface area (Å²) in [6, 6.07) is 11.2. The average Bonchev–Trinajstić information content (AvgIpc) is 3.09. The van der Waals surface area contributed by atoms with E-state index < -0.39 is 32.0 Å². The first-order valence-corrected chi connectivity index (χ1v) is 14.4. The molecule has 0 aromatic heterocycles. The monoisotopic (exact) mass is 509 g/mol. The van der Waals surface area contributed by atoms with Gasteiger partial charge in [-0.25, -0.2) is 16.8 Å². The van der Waals surface area contributed by atoms with Crippen molar-refractivity contribution in [1.82, 2.24) is 4.31 Å². The van der Waals surface area contributed by atoms with Gasteiger partial charge in [0.15, 0.2) is 0 Å². The number of amides is 1. The Morgan fingerprint density at radius 1 is 0.941 bits per heavy atom. The van der Waals surface area contributed by atoms with E-state index in [2.05, 4.69) is 5.32 Å². The molecular formula is C23H31N3O6S2. The van der Waals surface area contributed by atoms with Gasteiger partial charge in [-0.3, -0.25) is 9.10 Å². The number of nitrogens with one attached hydrogen (secondary N) is 1. The number of rotatable bonds is 8. The van der Waals surface area contributed by atoms with Crippen molar-refractivity contribution in [3.8, 4) is 5.75 Å². The van der Waals surface area contributed by atoms with Crippen molar-refractivity contribution in [2.24, 2.45) is 0 Å².